The van der Waals surface area contributed by atoms with Crippen LogP contribution in [0.5, 0.6) is 0 Å². The molecule has 1 aromatic heterocycles. The lowest BCUT2D eigenvalue weighted by Gasteiger charge is -2.32. The minimum atomic E-state index is -0.276. The number of carbonyl (C=O) groups excluding carboxylic acids is 2. The number of piperidine rings is 1. The summed E-state index contributed by atoms with van der Waals surface area (Å²) < 4.78 is 21.2. The molecule has 1 N–H and O–H groups in total. The fourth-order valence-electron chi connectivity index (χ4n) is 5.42. The summed E-state index contributed by atoms with van der Waals surface area (Å²) in [7, 11) is 0. The highest BCUT2D eigenvalue weighted by Crippen LogP contribution is 2.29. The van der Waals surface area contributed by atoms with E-state index in [9.17, 15) is 14.0 Å². The van der Waals surface area contributed by atoms with E-state index < -0.39 is 0 Å². The van der Waals surface area contributed by atoms with Crippen LogP contribution in [0.4, 0.5) is 4.39 Å². The Bertz CT molecular complexity index is 1010. The van der Waals surface area contributed by atoms with E-state index in [-0.39, 0.29) is 36.3 Å². The van der Waals surface area contributed by atoms with Crippen LogP contribution >= 0.6 is 0 Å². The molecule has 2 aromatic rings. The van der Waals surface area contributed by atoms with E-state index in [4.69, 9.17) is 4.74 Å². The number of hydrogen-bond donors (Lipinski definition) is 1. The number of halogens is 1. The molecule has 3 aliphatic rings. The van der Waals surface area contributed by atoms with Gasteiger partial charge in [-0.25, -0.2) is 9.37 Å². The SMILES string of the molecule is O=C(NC1CCCCCC1)C1CCN(C(=O)c2ncn3c2CO[C@@H](c2ccc(F)cc2)C3)CC1. The molecule has 1 aromatic carbocycles. The van der Waals surface area contributed by atoms with Crippen molar-refractivity contribution in [2.24, 2.45) is 5.92 Å². The Hall–Kier alpha value is -2.74. The summed E-state index contributed by atoms with van der Waals surface area (Å²) in [6.07, 6.45) is 9.94. The van der Waals surface area contributed by atoms with Crippen LogP contribution in [0.3, 0.4) is 0 Å². The van der Waals surface area contributed by atoms with E-state index >= 15 is 0 Å². The highest BCUT2D eigenvalue weighted by molar-refractivity contribution is 5.93. The van der Waals surface area contributed by atoms with Gasteiger partial charge < -0.3 is 19.5 Å². The topological polar surface area (TPSA) is 76.5 Å². The zero-order chi connectivity index (χ0) is 23.5. The van der Waals surface area contributed by atoms with E-state index in [1.807, 2.05) is 9.47 Å². The Morgan fingerprint density at radius 3 is 2.41 bits per heavy atom. The Labute approximate surface area is 199 Å². The maximum absolute atomic E-state index is 13.2. The molecule has 7 nitrogen and oxygen atoms in total. The number of benzene rings is 1. The second-order valence-electron chi connectivity index (χ2n) is 9.81. The van der Waals surface area contributed by atoms with Crippen LogP contribution in [0, 0.1) is 11.7 Å². The predicted molar refractivity (Wildman–Crippen MR) is 124 cm³/mol. The van der Waals surface area contributed by atoms with Gasteiger partial charge in [0.2, 0.25) is 5.91 Å². The molecule has 1 aliphatic carbocycles. The standard InChI is InChI=1S/C26H33FN4O3/c27-20-9-7-18(8-10-20)23-15-31-17-28-24(22(31)16-34-23)26(33)30-13-11-19(12-14-30)25(32)29-21-5-3-1-2-4-6-21/h7-10,17,19,21,23H,1-6,11-16H2,(H,29,32)/t23-/m1/s1. The number of amides is 2. The first-order valence-corrected chi connectivity index (χ1v) is 12.6. The van der Waals surface area contributed by atoms with Crippen LogP contribution in [0.2, 0.25) is 0 Å². The fraction of sp³-hybridized carbons (Fsp3) is 0.577. The molecule has 182 valence electrons. The van der Waals surface area contributed by atoms with Crippen LogP contribution in [0.1, 0.15) is 79.2 Å². The lowest BCUT2D eigenvalue weighted by molar-refractivity contribution is -0.127. The second kappa shape index (κ2) is 10.3. The smallest absolute Gasteiger partial charge is 0.274 e. The van der Waals surface area contributed by atoms with E-state index in [0.717, 1.165) is 24.1 Å². The fourth-order valence-corrected chi connectivity index (χ4v) is 5.42. The molecule has 34 heavy (non-hydrogen) atoms. The van der Waals surface area contributed by atoms with Gasteiger partial charge in [-0.1, -0.05) is 37.8 Å². The molecule has 0 unspecified atom stereocenters. The molecule has 0 radical (unpaired) electrons. The van der Waals surface area contributed by atoms with Crippen LogP contribution in [-0.4, -0.2) is 45.4 Å². The molecule has 8 heteroatoms. The van der Waals surface area contributed by atoms with Gasteiger partial charge in [0.05, 0.1) is 25.2 Å². The molecule has 5 rings (SSSR count). The van der Waals surface area contributed by atoms with Crippen LogP contribution in [-0.2, 0) is 22.7 Å². The first-order valence-electron chi connectivity index (χ1n) is 12.6. The molecule has 0 spiro atoms. The monoisotopic (exact) mass is 468 g/mol. The molecular formula is C26H33FN4O3. The molecule has 2 fully saturated rings. The van der Waals surface area contributed by atoms with Gasteiger partial charge >= 0.3 is 0 Å². The molecule has 2 aliphatic heterocycles. The molecular weight excluding hydrogens is 435 g/mol. The first-order chi connectivity index (χ1) is 16.6. The number of aromatic nitrogens is 2. The average Bonchev–Trinajstić information content (AvgIpc) is 3.12. The van der Waals surface area contributed by atoms with Gasteiger partial charge in [0.25, 0.3) is 5.91 Å². The minimum Gasteiger partial charge on any atom is -0.365 e. The summed E-state index contributed by atoms with van der Waals surface area (Å²) in [5.74, 6) is -0.247. The summed E-state index contributed by atoms with van der Waals surface area (Å²) >= 11 is 0. The molecule has 1 atom stereocenters. The Kier molecular flexibility index (Phi) is 6.94. The molecule has 1 saturated carbocycles. The lowest BCUT2D eigenvalue weighted by atomic mass is 9.94. The molecule has 0 bridgehead atoms. The highest BCUT2D eigenvalue weighted by atomic mass is 19.1. The van der Waals surface area contributed by atoms with Crippen molar-refractivity contribution in [3.8, 4) is 0 Å². The van der Waals surface area contributed by atoms with Crippen molar-refractivity contribution in [1.29, 1.82) is 0 Å². The second-order valence-corrected chi connectivity index (χ2v) is 9.81. The number of nitrogens with zero attached hydrogens (tertiary/aromatic N) is 3. The number of carbonyl (C=O) groups is 2. The van der Waals surface area contributed by atoms with Crippen molar-refractivity contribution in [1.82, 2.24) is 19.8 Å². The Morgan fingerprint density at radius 1 is 1.00 bits per heavy atom. The summed E-state index contributed by atoms with van der Waals surface area (Å²) in [6.45, 7) is 1.94. The normalized spacial score (nSPS) is 22.1. The van der Waals surface area contributed by atoms with Crippen molar-refractivity contribution < 1.29 is 18.7 Å². The summed E-state index contributed by atoms with van der Waals surface area (Å²) in [5.41, 5.74) is 2.10. The van der Waals surface area contributed by atoms with Gasteiger partial charge in [0.15, 0.2) is 5.69 Å². The van der Waals surface area contributed by atoms with Gasteiger partial charge in [0.1, 0.15) is 11.9 Å². The van der Waals surface area contributed by atoms with Gasteiger partial charge in [-0.3, -0.25) is 9.59 Å². The van der Waals surface area contributed by atoms with Crippen molar-refractivity contribution in [2.75, 3.05) is 13.1 Å². The van der Waals surface area contributed by atoms with Crippen molar-refractivity contribution in [2.45, 2.75) is 76.7 Å². The minimum absolute atomic E-state index is 0.0250. The van der Waals surface area contributed by atoms with E-state index in [0.29, 0.717) is 44.2 Å². The summed E-state index contributed by atoms with van der Waals surface area (Å²) in [4.78, 5) is 32.2. The largest absolute Gasteiger partial charge is 0.365 e. The third-order valence-electron chi connectivity index (χ3n) is 7.53. The maximum Gasteiger partial charge on any atom is 0.274 e. The van der Waals surface area contributed by atoms with Gasteiger partial charge in [0, 0.05) is 25.0 Å². The molecule has 2 amide bonds. The number of hydrogen-bond acceptors (Lipinski definition) is 4. The number of likely N-dealkylation sites (tertiary alicyclic amines) is 1. The van der Waals surface area contributed by atoms with Crippen LogP contribution < -0.4 is 5.32 Å². The van der Waals surface area contributed by atoms with E-state index in [1.54, 1.807) is 18.5 Å². The van der Waals surface area contributed by atoms with Crippen LogP contribution in [0.15, 0.2) is 30.6 Å². The maximum atomic E-state index is 13.2. The van der Waals surface area contributed by atoms with Gasteiger partial charge in [-0.2, -0.15) is 0 Å². The summed E-state index contributed by atoms with van der Waals surface area (Å²) in [5, 5.41) is 3.27. The Morgan fingerprint density at radius 2 is 1.71 bits per heavy atom. The number of imidazole rings is 1. The van der Waals surface area contributed by atoms with E-state index in [2.05, 4.69) is 10.3 Å². The van der Waals surface area contributed by atoms with Crippen LogP contribution in [0.25, 0.3) is 0 Å². The number of rotatable bonds is 4. The zero-order valence-electron chi connectivity index (χ0n) is 19.5. The van der Waals surface area contributed by atoms with Gasteiger partial charge in [-0.05, 0) is 43.4 Å². The summed E-state index contributed by atoms with van der Waals surface area (Å²) in [6, 6.07) is 6.62. The lowest BCUT2D eigenvalue weighted by Crippen LogP contribution is -2.45. The number of nitrogens with one attached hydrogen (secondary N) is 1. The van der Waals surface area contributed by atoms with Crippen molar-refractivity contribution >= 4 is 11.8 Å². The molecule has 3 heterocycles. The Balaban J connectivity index is 1.16. The molecule has 1 saturated heterocycles. The third-order valence-corrected chi connectivity index (χ3v) is 7.53. The number of fused-ring (bicyclic) bond motifs is 1. The third kappa shape index (κ3) is 5.02. The van der Waals surface area contributed by atoms with E-state index in [1.165, 1.54) is 37.8 Å². The zero-order valence-corrected chi connectivity index (χ0v) is 19.5. The quantitative estimate of drug-likeness (QED) is 0.689. The predicted octanol–water partition coefficient (Wildman–Crippen LogP) is 3.98. The van der Waals surface area contributed by atoms with Gasteiger partial charge in [-0.15, -0.1) is 0 Å². The average molecular weight is 469 g/mol. The number of ether oxygens (including phenoxy) is 1. The van der Waals surface area contributed by atoms with Crippen molar-refractivity contribution in [3.63, 3.8) is 0 Å². The highest BCUT2D eigenvalue weighted by Gasteiger charge is 2.32. The first kappa shape index (κ1) is 23.0. The van der Waals surface area contributed by atoms with Crippen molar-refractivity contribution in [3.05, 3.63) is 53.4 Å².